The van der Waals surface area contributed by atoms with Crippen LogP contribution < -0.4 is 0 Å². The van der Waals surface area contributed by atoms with E-state index in [1.54, 1.807) is 0 Å². The molecule has 108 valence electrons. The van der Waals surface area contributed by atoms with Gasteiger partial charge < -0.3 is 0 Å². The van der Waals surface area contributed by atoms with Gasteiger partial charge in [-0.3, -0.25) is 0 Å². The fraction of sp³-hybridized carbons (Fsp3) is 0.400. The summed E-state index contributed by atoms with van der Waals surface area (Å²) in [6, 6.07) is 8.95. The molecule has 0 N–H and O–H groups in total. The minimum Gasteiger partial charge on any atom is -0.0764 e. The smallest absolute Gasteiger partial charge is 0.0190 e. The number of allylic oxidation sites excluding steroid dienone is 5. The van der Waals surface area contributed by atoms with Crippen LogP contribution in [0.4, 0.5) is 0 Å². The second kappa shape index (κ2) is 9.36. The Balaban J connectivity index is 2.56. The van der Waals surface area contributed by atoms with E-state index in [4.69, 9.17) is 0 Å². The third kappa shape index (κ3) is 6.56. The lowest BCUT2D eigenvalue weighted by molar-refractivity contribution is 0.624. The van der Waals surface area contributed by atoms with Gasteiger partial charge in [-0.2, -0.15) is 0 Å². The Morgan fingerprint density at radius 3 is 2.35 bits per heavy atom. The van der Waals surface area contributed by atoms with Crippen molar-refractivity contribution >= 4 is 6.08 Å². The average Bonchev–Trinajstić information content (AvgIpc) is 2.44. The van der Waals surface area contributed by atoms with Gasteiger partial charge in [0.2, 0.25) is 0 Å². The summed E-state index contributed by atoms with van der Waals surface area (Å²) < 4.78 is 0. The van der Waals surface area contributed by atoms with E-state index in [9.17, 15) is 0 Å². The zero-order valence-corrected chi connectivity index (χ0v) is 13.4. The van der Waals surface area contributed by atoms with Crippen LogP contribution in [-0.4, -0.2) is 0 Å². The van der Waals surface area contributed by atoms with Gasteiger partial charge >= 0.3 is 0 Å². The largest absolute Gasteiger partial charge is 0.0764 e. The van der Waals surface area contributed by atoms with Gasteiger partial charge in [0.1, 0.15) is 0 Å². The maximum absolute atomic E-state index is 2.32. The average molecular weight is 268 g/mol. The van der Waals surface area contributed by atoms with Crippen molar-refractivity contribution in [2.45, 2.75) is 52.9 Å². The fourth-order valence-corrected chi connectivity index (χ4v) is 2.09. The second-order valence-electron chi connectivity index (χ2n) is 5.70. The molecule has 0 fully saturated rings. The van der Waals surface area contributed by atoms with E-state index in [-0.39, 0.29) is 0 Å². The molecule has 0 nitrogen and oxygen atoms in total. The van der Waals surface area contributed by atoms with Gasteiger partial charge in [0.15, 0.2) is 0 Å². The molecule has 1 aromatic carbocycles. The highest BCUT2D eigenvalue weighted by molar-refractivity contribution is 5.51. The predicted molar refractivity (Wildman–Crippen MR) is 92.0 cm³/mol. The van der Waals surface area contributed by atoms with Gasteiger partial charge in [-0.25, -0.2) is 0 Å². The molecule has 0 saturated heterocycles. The molecule has 0 aliphatic heterocycles. The van der Waals surface area contributed by atoms with Gasteiger partial charge in [-0.1, -0.05) is 86.9 Å². The van der Waals surface area contributed by atoms with Gasteiger partial charge in [0.05, 0.1) is 0 Å². The quantitative estimate of drug-likeness (QED) is 0.494. The molecule has 0 aliphatic rings. The Labute approximate surface area is 124 Å². The summed E-state index contributed by atoms with van der Waals surface area (Å²) in [6.45, 7) is 8.78. The van der Waals surface area contributed by atoms with Crippen LogP contribution in [0.5, 0.6) is 0 Å². The van der Waals surface area contributed by atoms with Crippen LogP contribution in [0.15, 0.2) is 54.1 Å². The molecule has 1 rings (SSSR count). The summed E-state index contributed by atoms with van der Waals surface area (Å²) >= 11 is 0. The van der Waals surface area contributed by atoms with Crippen LogP contribution in [0.3, 0.4) is 0 Å². The van der Waals surface area contributed by atoms with Crippen molar-refractivity contribution in [3.63, 3.8) is 0 Å². The Morgan fingerprint density at radius 2 is 1.75 bits per heavy atom. The first-order valence-corrected chi connectivity index (χ1v) is 7.71. The number of hydrogen-bond donors (Lipinski definition) is 0. The lowest BCUT2D eigenvalue weighted by atomic mass is 9.95. The van der Waals surface area contributed by atoms with E-state index in [2.05, 4.69) is 82.3 Å². The zero-order valence-electron chi connectivity index (χ0n) is 13.4. The third-order valence-corrected chi connectivity index (χ3v) is 3.44. The molecular weight excluding hydrogens is 240 g/mol. The van der Waals surface area contributed by atoms with E-state index < -0.39 is 0 Å². The molecule has 1 aromatic rings. The maximum Gasteiger partial charge on any atom is -0.0190 e. The molecule has 0 spiro atoms. The molecule has 0 heterocycles. The molecule has 1 atom stereocenters. The first-order chi connectivity index (χ1) is 9.63. The lowest BCUT2D eigenvalue weighted by Gasteiger charge is -2.11. The van der Waals surface area contributed by atoms with Crippen molar-refractivity contribution in [3.8, 4) is 0 Å². The molecular formula is C20H28. The highest BCUT2D eigenvalue weighted by Gasteiger charge is 2.03. The molecule has 0 amide bonds. The minimum atomic E-state index is 0.672. The van der Waals surface area contributed by atoms with E-state index in [1.807, 2.05) is 0 Å². The molecule has 1 unspecified atom stereocenters. The zero-order chi connectivity index (χ0) is 14.8. The topological polar surface area (TPSA) is 0 Å². The molecule has 0 bridgehead atoms. The Kier molecular flexibility index (Phi) is 7.72. The number of unbranched alkanes of at least 4 members (excludes halogenated alkanes) is 1. The Hall–Kier alpha value is -1.56. The summed E-state index contributed by atoms with van der Waals surface area (Å²) in [5.74, 6) is 0.672. The summed E-state index contributed by atoms with van der Waals surface area (Å²) in [4.78, 5) is 0. The SMILES string of the molecule is CCCCC(C)c1ccc(/C=C/C=C/C=C(C)C)cc1. The summed E-state index contributed by atoms with van der Waals surface area (Å²) in [6.07, 6.45) is 14.4. The summed E-state index contributed by atoms with van der Waals surface area (Å²) in [5, 5.41) is 0. The highest BCUT2D eigenvalue weighted by atomic mass is 14.1. The van der Waals surface area contributed by atoms with E-state index in [0.29, 0.717) is 5.92 Å². The monoisotopic (exact) mass is 268 g/mol. The van der Waals surface area contributed by atoms with Crippen molar-refractivity contribution in [3.05, 3.63) is 65.3 Å². The van der Waals surface area contributed by atoms with Gasteiger partial charge in [-0.05, 0) is 37.3 Å². The number of benzene rings is 1. The van der Waals surface area contributed by atoms with Crippen molar-refractivity contribution in [1.29, 1.82) is 0 Å². The number of rotatable bonds is 7. The standard InChI is InChI=1S/C20H28/c1-5-6-11-18(4)20-15-13-19(14-16-20)12-9-7-8-10-17(2)3/h7-10,12-16,18H,5-6,11H2,1-4H3/b8-7+,12-9+. The highest BCUT2D eigenvalue weighted by Crippen LogP contribution is 2.21. The first kappa shape index (κ1) is 16.5. The van der Waals surface area contributed by atoms with Gasteiger partial charge in [0.25, 0.3) is 0 Å². The third-order valence-electron chi connectivity index (χ3n) is 3.44. The Morgan fingerprint density at radius 1 is 1.05 bits per heavy atom. The molecule has 0 saturated carbocycles. The maximum atomic E-state index is 2.32. The molecule has 20 heavy (non-hydrogen) atoms. The van der Waals surface area contributed by atoms with Gasteiger partial charge in [0, 0.05) is 0 Å². The van der Waals surface area contributed by atoms with Crippen molar-refractivity contribution < 1.29 is 0 Å². The van der Waals surface area contributed by atoms with Gasteiger partial charge in [-0.15, -0.1) is 0 Å². The fourth-order valence-electron chi connectivity index (χ4n) is 2.09. The predicted octanol–water partition coefficient (Wildman–Crippen LogP) is 6.52. The van der Waals surface area contributed by atoms with Crippen LogP contribution in [0.25, 0.3) is 6.08 Å². The molecule has 0 aromatic heterocycles. The van der Waals surface area contributed by atoms with E-state index in [1.165, 1.54) is 36.0 Å². The summed E-state index contributed by atoms with van der Waals surface area (Å²) in [7, 11) is 0. The van der Waals surface area contributed by atoms with Crippen LogP contribution >= 0.6 is 0 Å². The van der Waals surface area contributed by atoms with Crippen LogP contribution in [-0.2, 0) is 0 Å². The minimum absolute atomic E-state index is 0.672. The van der Waals surface area contributed by atoms with Crippen molar-refractivity contribution in [2.24, 2.45) is 0 Å². The normalized spacial score (nSPS) is 13.0. The molecule has 0 aliphatic carbocycles. The van der Waals surface area contributed by atoms with Crippen LogP contribution in [0.1, 0.15) is 64.0 Å². The first-order valence-electron chi connectivity index (χ1n) is 7.71. The van der Waals surface area contributed by atoms with Crippen molar-refractivity contribution in [1.82, 2.24) is 0 Å². The number of hydrogen-bond acceptors (Lipinski definition) is 0. The molecule has 0 radical (unpaired) electrons. The van der Waals surface area contributed by atoms with Crippen LogP contribution in [0, 0.1) is 0 Å². The molecule has 0 heteroatoms. The summed E-state index contributed by atoms with van der Waals surface area (Å²) in [5.41, 5.74) is 4.04. The second-order valence-corrected chi connectivity index (χ2v) is 5.70. The van der Waals surface area contributed by atoms with E-state index in [0.717, 1.165) is 0 Å². The van der Waals surface area contributed by atoms with Crippen LogP contribution in [0.2, 0.25) is 0 Å². The Bertz CT molecular complexity index is 453. The van der Waals surface area contributed by atoms with Crippen molar-refractivity contribution in [2.75, 3.05) is 0 Å². The van der Waals surface area contributed by atoms with E-state index >= 15 is 0 Å². The lowest BCUT2D eigenvalue weighted by Crippen LogP contribution is -1.93.